The summed E-state index contributed by atoms with van der Waals surface area (Å²) in [5.41, 5.74) is 6.70. The molecule has 0 saturated carbocycles. The molecule has 5 heteroatoms. The Bertz CT molecular complexity index is 657. The van der Waals surface area contributed by atoms with Gasteiger partial charge in [-0.2, -0.15) is 0 Å². The zero-order valence-electron chi connectivity index (χ0n) is 11.4. The Balaban J connectivity index is 1.59. The standard InChI is InChI=1S/C16H16N2O3/c17-13-6-2-1-5-12(13)16(19)18-9-11-10-20-14-7-3-4-8-15(14)21-11/h1-8,11H,9-10,17H2,(H,18,19)/t11-/m0/s1. The summed E-state index contributed by atoms with van der Waals surface area (Å²) in [6.45, 7) is 0.767. The van der Waals surface area contributed by atoms with E-state index in [9.17, 15) is 4.79 Å². The van der Waals surface area contributed by atoms with Crippen LogP contribution in [0.5, 0.6) is 11.5 Å². The van der Waals surface area contributed by atoms with Crippen LogP contribution < -0.4 is 20.5 Å². The van der Waals surface area contributed by atoms with E-state index in [1.165, 1.54) is 0 Å². The van der Waals surface area contributed by atoms with Crippen LogP contribution in [-0.4, -0.2) is 25.2 Å². The van der Waals surface area contributed by atoms with Crippen molar-refractivity contribution in [1.29, 1.82) is 0 Å². The van der Waals surface area contributed by atoms with E-state index in [0.717, 1.165) is 5.75 Å². The molecule has 1 amide bonds. The summed E-state index contributed by atoms with van der Waals surface area (Å²) in [5.74, 6) is 1.21. The van der Waals surface area contributed by atoms with E-state index in [-0.39, 0.29) is 12.0 Å². The number of benzene rings is 2. The fourth-order valence-corrected chi connectivity index (χ4v) is 2.17. The van der Waals surface area contributed by atoms with Gasteiger partial charge in [0.25, 0.3) is 5.91 Å². The number of carbonyl (C=O) groups is 1. The van der Waals surface area contributed by atoms with E-state index in [4.69, 9.17) is 15.2 Å². The molecular weight excluding hydrogens is 268 g/mol. The van der Waals surface area contributed by atoms with Gasteiger partial charge in [-0.25, -0.2) is 0 Å². The zero-order valence-corrected chi connectivity index (χ0v) is 11.4. The van der Waals surface area contributed by atoms with Crippen LogP contribution in [0, 0.1) is 0 Å². The van der Waals surface area contributed by atoms with Crippen molar-refractivity contribution in [2.75, 3.05) is 18.9 Å². The number of para-hydroxylation sites is 3. The van der Waals surface area contributed by atoms with E-state index < -0.39 is 0 Å². The van der Waals surface area contributed by atoms with E-state index in [2.05, 4.69) is 5.32 Å². The Morgan fingerprint density at radius 3 is 2.67 bits per heavy atom. The second-order valence-electron chi connectivity index (χ2n) is 4.79. The summed E-state index contributed by atoms with van der Waals surface area (Å²) >= 11 is 0. The first-order valence-corrected chi connectivity index (χ1v) is 6.75. The first kappa shape index (κ1) is 13.3. The minimum atomic E-state index is -0.214. The minimum absolute atomic E-state index is 0.212. The average molecular weight is 284 g/mol. The number of fused-ring (bicyclic) bond motifs is 1. The Kier molecular flexibility index (Phi) is 3.64. The smallest absolute Gasteiger partial charge is 0.253 e. The number of carbonyl (C=O) groups excluding carboxylic acids is 1. The lowest BCUT2D eigenvalue weighted by molar-refractivity contribution is 0.0790. The molecule has 0 unspecified atom stereocenters. The molecule has 1 heterocycles. The molecule has 2 aromatic carbocycles. The monoisotopic (exact) mass is 284 g/mol. The molecule has 0 radical (unpaired) electrons. The van der Waals surface area contributed by atoms with Crippen LogP contribution in [0.4, 0.5) is 5.69 Å². The predicted molar refractivity (Wildman–Crippen MR) is 79.5 cm³/mol. The van der Waals surface area contributed by atoms with E-state index >= 15 is 0 Å². The molecule has 0 aromatic heterocycles. The van der Waals surface area contributed by atoms with Crippen LogP contribution >= 0.6 is 0 Å². The van der Waals surface area contributed by atoms with Crippen LogP contribution in [0.2, 0.25) is 0 Å². The fourth-order valence-electron chi connectivity index (χ4n) is 2.17. The summed E-state index contributed by atoms with van der Waals surface area (Å²) in [6.07, 6.45) is -0.214. The van der Waals surface area contributed by atoms with Gasteiger partial charge >= 0.3 is 0 Å². The molecular formula is C16H16N2O3. The van der Waals surface area contributed by atoms with Gasteiger partial charge in [-0.1, -0.05) is 24.3 Å². The molecule has 0 fully saturated rings. The Morgan fingerprint density at radius 1 is 1.14 bits per heavy atom. The molecule has 2 aromatic rings. The SMILES string of the molecule is Nc1ccccc1C(=O)NC[C@H]1COc2ccccc2O1. The minimum Gasteiger partial charge on any atom is -0.486 e. The zero-order chi connectivity index (χ0) is 14.7. The summed E-state index contributed by atoms with van der Waals surface area (Å²) < 4.78 is 11.4. The Labute approximate surface area is 122 Å². The van der Waals surface area contributed by atoms with Gasteiger partial charge in [-0.05, 0) is 24.3 Å². The number of rotatable bonds is 3. The molecule has 0 spiro atoms. The van der Waals surface area contributed by atoms with Crippen LogP contribution in [0.3, 0.4) is 0 Å². The average Bonchev–Trinajstić information content (AvgIpc) is 2.53. The van der Waals surface area contributed by atoms with Crippen molar-refractivity contribution < 1.29 is 14.3 Å². The summed E-state index contributed by atoms with van der Waals surface area (Å²) in [5, 5.41) is 2.82. The highest BCUT2D eigenvalue weighted by Gasteiger charge is 2.21. The molecule has 21 heavy (non-hydrogen) atoms. The quantitative estimate of drug-likeness (QED) is 0.843. The third-order valence-electron chi connectivity index (χ3n) is 3.26. The van der Waals surface area contributed by atoms with Gasteiger partial charge in [0.1, 0.15) is 12.7 Å². The van der Waals surface area contributed by atoms with Gasteiger partial charge in [-0.3, -0.25) is 4.79 Å². The lowest BCUT2D eigenvalue weighted by atomic mass is 10.1. The molecule has 1 atom stereocenters. The number of ether oxygens (including phenoxy) is 2. The fraction of sp³-hybridized carbons (Fsp3) is 0.188. The van der Waals surface area contributed by atoms with E-state index in [1.54, 1.807) is 24.3 Å². The molecule has 1 aliphatic rings. The van der Waals surface area contributed by atoms with E-state index in [0.29, 0.717) is 30.2 Å². The van der Waals surface area contributed by atoms with Crippen molar-refractivity contribution in [3.05, 3.63) is 54.1 Å². The Hall–Kier alpha value is -2.69. The predicted octanol–water partition coefficient (Wildman–Crippen LogP) is 1.84. The van der Waals surface area contributed by atoms with E-state index in [1.807, 2.05) is 24.3 Å². The van der Waals surface area contributed by atoms with Gasteiger partial charge in [0, 0.05) is 5.69 Å². The summed E-state index contributed by atoms with van der Waals surface area (Å²) in [7, 11) is 0. The van der Waals surface area contributed by atoms with Crippen molar-refractivity contribution >= 4 is 11.6 Å². The van der Waals surface area contributed by atoms with Gasteiger partial charge in [0.15, 0.2) is 11.5 Å². The molecule has 5 nitrogen and oxygen atoms in total. The number of nitrogens with one attached hydrogen (secondary N) is 1. The van der Waals surface area contributed by atoms with Gasteiger partial charge in [-0.15, -0.1) is 0 Å². The van der Waals surface area contributed by atoms with Crippen molar-refractivity contribution in [1.82, 2.24) is 5.32 Å². The van der Waals surface area contributed by atoms with Crippen LogP contribution in [0.15, 0.2) is 48.5 Å². The summed E-state index contributed by atoms with van der Waals surface area (Å²) in [4.78, 5) is 12.1. The molecule has 0 bridgehead atoms. The van der Waals surface area contributed by atoms with Gasteiger partial charge < -0.3 is 20.5 Å². The lowest BCUT2D eigenvalue weighted by Gasteiger charge is -2.26. The third kappa shape index (κ3) is 2.91. The second kappa shape index (κ2) is 5.75. The molecule has 3 rings (SSSR count). The van der Waals surface area contributed by atoms with Gasteiger partial charge in [0.05, 0.1) is 12.1 Å². The van der Waals surface area contributed by atoms with Crippen LogP contribution in [-0.2, 0) is 0 Å². The Morgan fingerprint density at radius 2 is 1.86 bits per heavy atom. The highest BCUT2D eigenvalue weighted by Crippen LogP contribution is 2.30. The van der Waals surface area contributed by atoms with Crippen molar-refractivity contribution in [3.8, 4) is 11.5 Å². The number of anilines is 1. The number of nitrogen functional groups attached to an aromatic ring is 1. The normalized spacial score (nSPS) is 16.3. The maximum Gasteiger partial charge on any atom is 0.253 e. The number of hydrogen-bond donors (Lipinski definition) is 2. The first-order chi connectivity index (χ1) is 10.2. The number of amides is 1. The highest BCUT2D eigenvalue weighted by molar-refractivity contribution is 5.99. The van der Waals surface area contributed by atoms with Crippen molar-refractivity contribution in [3.63, 3.8) is 0 Å². The van der Waals surface area contributed by atoms with Crippen LogP contribution in [0.1, 0.15) is 10.4 Å². The van der Waals surface area contributed by atoms with Gasteiger partial charge in [0.2, 0.25) is 0 Å². The van der Waals surface area contributed by atoms with Crippen molar-refractivity contribution in [2.45, 2.75) is 6.10 Å². The molecule has 3 N–H and O–H groups in total. The van der Waals surface area contributed by atoms with Crippen LogP contribution in [0.25, 0.3) is 0 Å². The number of hydrogen-bond acceptors (Lipinski definition) is 4. The third-order valence-corrected chi connectivity index (χ3v) is 3.26. The maximum absolute atomic E-state index is 12.1. The lowest BCUT2D eigenvalue weighted by Crippen LogP contribution is -2.40. The molecule has 0 aliphatic carbocycles. The summed E-state index contributed by atoms with van der Waals surface area (Å²) in [6, 6.07) is 14.4. The molecule has 1 aliphatic heterocycles. The topological polar surface area (TPSA) is 73.6 Å². The highest BCUT2D eigenvalue weighted by atomic mass is 16.6. The second-order valence-corrected chi connectivity index (χ2v) is 4.79. The number of nitrogens with two attached hydrogens (primary N) is 1. The first-order valence-electron chi connectivity index (χ1n) is 6.75. The molecule has 108 valence electrons. The molecule has 0 saturated heterocycles. The largest absolute Gasteiger partial charge is 0.486 e. The maximum atomic E-state index is 12.1. The van der Waals surface area contributed by atoms with Crippen molar-refractivity contribution in [2.24, 2.45) is 0 Å².